The number of amidine groups is 1. The van der Waals surface area contributed by atoms with E-state index in [0.29, 0.717) is 22.4 Å². The lowest BCUT2D eigenvalue weighted by molar-refractivity contribution is -0.116. The second-order valence-corrected chi connectivity index (χ2v) is 9.29. The molecule has 3 heterocycles. The number of thioether (sulfide) groups is 1. The Hall–Kier alpha value is -2.52. The lowest BCUT2D eigenvalue weighted by atomic mass is 10.1. The summed E-state index contributed by atoms with van der Waals surface area (Å²) < 4.78 is 11.9. The van der Waals surface area contributed by atoms with Gasteiger partial charge in [0, 0.05) is 21.0 Å². The number of rotatable bonds is 5. The van der Waals surface area contributed by atoms with Gasteiger partial charge < -0.3 is 9.47 Å². The Balaban J connectivity index is 1.60. The quantitative estimate of drug-likeness (QED) is 0.637. The maximum Gasteiger partial charge on any atom is 0.276 e. The van der Waals surface area contributed by atoms with Crippen molar-refractivity contribution in [1.82, 2.24) is 10.3 Å². The van der Waals surface area contributed by atoms with Crippen LogP contribution in [0.1, 0.15) is 37.9 Å². The van der Waals surface area contributed by atoms with Gasteiger partial charge in [0.15, 0.2) is 22.8 Å². The van der Waals surface area contributed by atoms with Crippen LogP contribution in [0, 0.1) is 0 Å². The largest absolute Gasteiger partial charge is 0.454 e. The van der Waals surface area contributed by atoms with E-state index in [1.54, 1.807) is 16.8 Å². The first-order chi connectivity index (χ1) is 15.2. The summed E-state index contributed by atoms with van der Waals surface area (Å²) in [7, 11) is 0. The summed E-state index contributed by atoms with van der Waals surface area (Å²) in [6.07, 6.45) is 2.88. The zero-order valence-corrected chi connectivity index (χ0v) is 19.3. The number of para-hydroxylation sites is 1. The number of halogens is 1. The molecule has 2 aromatic carbocycles. The van der Waals surface area contributed by atoms with Crippen LogP contribution in [0.5, 0.6) is 11.5 Å². The normalized spacial score (nSPS) is 18.7. The molecule has 3 aliphatic heterocycles. The fourth-order valence-corrected chi connectivity index (χ4v) is 5.13. The summed E-state index contributed by atoms with van der Waals surface area (Å²) in [6, 6.07) is 11.4. The van der Waals surface area contributed by atoms with Crippen molar-refractivity contribution in [2.75, 3.05) is 12.5 Å². The van der Waals surface area contributed by atoms with Crippen LogP contribution in [0.4, 0.5) is 0 Å². The number of benzene rings is 2. The number of hydrogen-bond donors (Lipinski definition) is 1. The Morgan fingerprint density at radius 2 is 2.03 bits per heavy atom. The summed E-state index contributed by atoms with van der Waals surface area (Å²) in [4.78, 5) is 18.1. The number of unbranched alkanes of at least 4 members (excludes halogenated alkanes) is 2. The van der Waals surface area contributed by atoms with Crippen LogP contribution in [0.2, 0.25) is 0 Å². The molecule has 0 spiro atoms. The van der Waals surface area contributed by atoms with Gasteiger partial charge in [-0.1, -0.05) is 65.7 Å². The first-order valence-corrected chi connectivity index (χ1v) is 12.0. The number of nitrogens with zero attached hydrogens (tertiary/aromatic N) is 3. The molecule has 1 atom stereocenters. The van der Waals surface area contributed by atoms with E-state index >= 15 is 0 Å². The molecule has 0 saturated carbocycles. The Kier molecular flexibility index (Phi) is 5.62. The van der Waals surface area contributed by atoms with E-state index in [1.807, 2.05) is 36.4 Å². The molecular weight excluding hydrogens is 480 g/mol. The lowest BCUT2D eigenvalue weighted by Gasteiger charge is -2.34. The van der Waals surface area contributed by atoms with E-state index in [2.05, 4.69) is 28.2 Å². The van der Waals surface area contributed by atoms with Crippen molar-refractivity contribution in [2.45, 2.75) is 32.4 Å². The Bertz CT molecular complexity index is 1200. The topological polar surface area (TPSA) is 75.5 Å². The summed E-state index contributed by atoms with van der Waals surface area (Å²) in [6.45, 7) is 2.36. The van der Waals surface area contributed by atoms with E-state index < -0.39 is 6.17 Å². The van der Waals surface area contributed by atoms with Crippen molar-refractivity contribution < 1.29 is 14.3 Å². The Labute approximate surface area is 192 Å². The maximum absolute atomic E-state index is 13.2. The van der Waals surface area contributed by atoms with Gasteiger partial charge in [-0.15, -0.1) is 5.10 Å². The summed E-state index contributed by atoms with van der Waals surface area (Å²) in [5.41, 5.74) is 1.35. The summed E-state index contributed by atoms with van der Waals surface area (Å²) >= 11 is 5.21. The van der Waals surface area contributed by atoms with Crippen LogP contribution < -0.4 is 25.4 Å². The molecule has 31 heavy (non-hydrogen) atoms. The number of hydrogen-bond acceptors (Lipinski definition) is 7. The molecule has 0 saturated heterocycles. The fourth-order valence-electron chi connectivity index (χ4n) is 3.75. The second-order valence-electron chi connectivity index (χ2n) is 7.35. The average molecular weight is 501 g/mol. The van der Waals surface area contributed by atoms with E-state index in [0.717, 1.165) is 45.6 Å². The first kappa shape index (κ1) is 20.4. The first-order valence-electron chi connectivity index (χ1n) is 10.2. The van der Waals surface area contributed by atoms with E-state index in [4.69, 9.17) is 19.6 Å². The van der Waals surface area contributed by atoms with E-state index in [1.165, 1.54) is 0 Å². The average Bonchev–Trinajstić information content (AvgIpc) is 3.22. The van der Waals surface area contributed by atoms with E-state index in [9.17, 15) is 4.79 Å². The highest BCUT2D eigenvalue weighted by atomic mass is 79.9. The van der Waals surface area contributed by atoms with Crippen LogP contribution in [0.15, 0.2) is 51.0 Å². The van der Waals surface area contributed by atoms with Gasteiger partial charge >= 0.3 is 0 Å². The molecule has 9 heteroatoms. The third-order valence-corrected chi connectivity index (χ3v) is 6.91. The standard InChI is InChI=1S/C22H21BrN4O3S/c1-2-3-6-9-31-22-25-21(28)19-13-7-4-5-8-16(13)24-20(27(19)26-22)14-10-17-18(11-15(14)23)30-12-29-17/h4-5,7-8,10-11,20H,2-3,6,9,12H2,1H3,(H,25,26,28)/t20-/m1/s1. The van der Waals surface area contributed by atoms with Crippen LogP contribution in [-0.2, 0) is 4.79 Å². The molecule has 7 nitrogen and oxygen atoms in total. The zero-order chi connectivity index (χ0) is 21.4. The monoisotopic (exact) mass is 500 g/mol. The third-order valence-electron chi connectivity index (χ3n) is 5.27. The van der Waals surface area contributed by atoms with Crippen LogP contribution in [0.25, 0.3) is 5.70 Å². The molecule has 1 N–H and O–H groups in total. The molecule has 160 valence electrons. The smallest absolute Gasteiger partial charge is 0.276 e. The van der Waals surface area contributed by atoms with Gasteiger partial charge in [-0.3, -0.25) is 15.1 Å². The Morgan fingerprint density at radius 1 is 1.23 bits per heavy atom. The SMILES string of the molecule is CCCCCSC1=NN2C(=c3ccccc3=N[C@H]2c2cc3c(cc2Br)OCO3)C(=O)N1. The van der Waals surface area contributed by atoms with Crippen molar-refractivity contribution in [3.63, 3.8) is 0 Å². The maximum atomic E-state index is 13.2. The molecule has 1 amide bonds. The number of carbonyl (C=O) groups excluding carboxylic acids is 1. The van der Waals surface area contributed by atoms with Crippen LogP contribution >= 0.6 is 27.7 Å². The molecule has 0 aromatic heterocycles. The number of hydrazone groups is 1. The molecule has 0 radical (unpaired) electrons. The highest BCUT2D eigenvalue weighted by molar-refractivity contribution is 9.10. The molecule has 0 fully saturated rings. The van der Waals surface area contributed by atoms with Gasteiger partial charge in [0.25, 0.3) is 5.91 Å². The molecule has 0 bridgehead atoms. The van der Waals surface area contributed by atoms with Gasteiger partial charge in [-0.25, -0.2) is 5.01 Å². The van der Waals surface area contributed by atoms with Crippen molar-refractivity contribution in [3.05, 3.63) is 57.0 Å². The molecular formula is C22H21BrN4O3S. The van der Waals surface area contributed by atoms with E-state index in [-0.39, 0.29) is 12.7 Å². The van der Waals surface area contributed by atoms with Gasteiger partial charge in [-0.2, -0.15) is 0 Å². The number of nitrogens with one attached hydrogen (secondary N) is 1. The van der Waals surface area contributed by atoms with Crippen LogP contribution in [0.3, 0.4) is 0 Å². The number of fused-ring (bicyclic) bond motifs is 3. The summed E-state index contributed by atoms with van der Waals surface area (Å²) in [5.74, 6) is 2.08. The molecule has 0 aliphatic carbocycles. The zero-order valence-electron chi connectivity index (χ0n) is 16.9. The lowest BCUT2D eigenvalue weighted by Crippen LogP contribution is -2.50. The number of carbonyl (C=O) groups is 1. The molecule has 2 aromatic rings. The van der Waals surface area contributed by atoms with Crippen molar-refractivity contribution in [2.24, 2.45) is 10.1 Å². The van der Waals surface area contributed by atoms with Crippen molar-refractivity contribution >= 4 is 44.5 Å². The minimum Gasteiger partial charge on any atom is -0.454 e. The molecule has 0 unspecified atom stereocenters. The number of amides is 1. The number of ether oxygens (including phenoxy) is 2. The highest BCUT2D eigenvalue weighted by Gasteiger charge is 2.36. The third kappa shape index (κ3) is 3.80. The predicted octanol–water partition coefficient (Wildman–Crippen LogP) is 3.24. The predicted molar refractivity (Wildman–Crippen MR) is 123 cm³/mol. The molecule has 3 aliphatic rings. The van der Waals surface area contributed by atoms with Gasteiger partial charge in [0.1, 0.15) is 5.70 Å². The Morgan fingerprint density at radius 3 is 2.87 bits per heavy atom. The fraction of sp³-hybridized carbons (Fsp3) is 0.318. The minimum atomic E-state index is -0.508. The van der Waals surface area contributed by atoms with Gasteiger partial charge in [-0.05, 0) is 24.6 Å². The van der Waals surface area contributed by atoms with Gasteiger partial charge in [0.2, 0.25) is 6.79 Å². The van der Waals surface area contributed by atoms with Crippen LogP contribution in [-0.4, -0.2) is 28.6 Å². The highest BCUT2D eigenvalue weighted by Crippen LogP contribution is 2.42. The van der Waals surface area contributed by atoms with Crippen molar-refractivity contribution in [1.29, 1.82) is 0 Å². The summed E-state index contributed by atoms with van der Waals surface area (Å²) in [5, 5.41) is 11.6. The van der Waals surface area contributed by atoms with Gasteiger partial charge in [0.05, 0.1) is 5.36 Å². The minimum absolute atomic E-state index is 0.169. The van der Waals surface area contributed by atoms with Crippen molar-refractivity contribution in [3.8, 4) is 11.5 Å². The molecule has 5 rings (SSSR count). The second kappa shape index (κ2) is 8.55.